The van der Waals surface area contributed by atoms with Crippen LogP contribution in [0.5, 0.6) is 0 Å². The molecule has 19 heavy (non-hydrogen) atoms. The van der Waals surface area contributed by atoms with E-state index in [1.165, 1.54) is 5.56 Å². The lowest BCUT2D eigenvalue weighted by Gasteiger charge is -2.05. The highest BCUT2D eigenvalue weighted by Crippen LogP contribution is 2.07. The van der Waals surface area contributed by atoms with Crippen molar-refractivity contribution in [1.29, 1.82) is 0 Å². The maximum absolute atomic E-state index is 11.8. The molecule has 4 nitrogen and oxygen atoms in total. The lowest BCUT2D eigenvalue weighted by Crippen LogP contribution is -2.15. The number of anilines is 1. The van der Waals surface area contributed by atoms with Crippen LogP contribution < -0.4 is 11.1 Å². The molecular formula is C15H17N3O. The van der Waals surface area contributed by atoms with Crippen LogP contribution in [0.3, 0.4) is 0 Å². The molecule has 3 N–H and O–H groups in total. The van der Waals surface area contributed by atoms with Gasteiger partial charge in [0.1, 0.15) is 5.82 Å². The van der Waals surface area contributed by atoms with E-state index in [1.807, 2.05) is 37.3 Å². The van der Waals surface area contributed by atoms with E-state index in [2.05, 4.69) is 10.3 Å². The lowest BCUT2D eigenvalue weighted by molar-refractivity contribution is -0.115. The molecule has 1 aromatic heterocycles. The van der Waals surface area contributed by atoms with E-state index in [-0.39, 0.29) is 5.91 Å². The summed E-state index contributed by atoms with van der Waals surface area (Å²) in [6.45, 7) is 2.47. The van der Waals surface area contributed by atoms with Gasteiger partial charge in [0.15, 0.2) is 0 Å². The second-order valence-corrected chi connectivity index (χ2v) is 4.47. The van der Waals surface area contributed by atoms with Crippen LogP contribution in [0.1, 0.15) is 16.7 Å². The lowest BCUT2D eigenvalue weighted by atomic mass is 10.1. The standard InChI is InChI=1S/C15H17N3O/c1-11-2-4-12(5-3-11)8-15(19)18-14-7-6-13(9-16)10-17-14/h2-7,10H,8-9,16H2,1H3,(H,17,18,19). The summed E-state index contributed by atoms with van der Waals surface area (Å²) in [5.41, 5.74) is 8.60. The molecule has 2 aromatic rings. The van der Waals surface area contributed by atoms with Crippen molar-refractivity contribution in [3.8, 4) is 0 Å². The Morgan fingerprint density at radius 2 is 1.84 bits per heavy atom. The minimum absolute atomic E-state index is 0.0724. The number of nitrogens with zero attached hydrogens (tertiary/aromatic N) is 1. The van der Waals surface area contributed by atoms with Crippen molar-refractivity contribution < 1.29 is 4.79 Å². The topological polar surface area (TPSA) is 68.0 Å². The zero-order chi connectivity index (χ0) is 13.7. The monoisotopic (exact) mass is 255 g/mol. The molecule has 0 atom stereocenters. The molecule has 98 valence electrons. The first-order chi connectivity index (χ1) is 9.17. The van der Waals surface area contributed by atoms with Gasteiger partial charge in [0.25, 0.3) is 0 Å². The Morgan fingerprint density at radius 1 is 1.16 bits per heavy atom. The van der Waals surface area contributed by atoms with Crippen LogP contribution in [0.2, 0.25) is 0 Å². The fraction of sp³-hybridized carbons (Fsp3) is 0.200. The molecule has 1 heterocycles. The van der Waals surface area contributed by atoms with Crippen molar-refractivity contribution in [2.45, 2.75) is 19.9 Å². The molecule has 2 rings (SSSR count). The fourth-order valence-electron chi connectivity index (χ4n) is 1.70. The maximum atomic E-state index is 11.8. The Labute approximate surface area is 112 Å². The van der Waals surface area contributed by atoms with Crippen LogP contribution in [0.4, 0.5) is 5.82 Å². The van der Waals surface area contributed by atoms with Gasteiger partial charge in [-0.2, -0.15) is 0 Å². The fourth-order valence-corrected chi connectivity index (χ4v) is 1.70. The Morgan fingerprint density at radius 3 is 2.42 bits per heavy atom. The Hall–Kier alpha value is -2.20. The van der Waals surface area contributed by atoms with Crippen molar-refractivity contribution in [2.75, 3.05) is 5.32 Å². The highest BCUT2D eigenvalue weighted by atomic mass is 16.1. The zero-order valence-electron chi connectivity index (χ0n) is 10.9. The van der Waals surface area contributed by atoms with Crippen molar-refractivity contribution in [3.05, 3.63) is 59.3 Å². The first-order valence-corrected chi connectivity index (χ1v) is 6.18. The van der Waals surface area contributed by atoms with Crippen LogP contribution in [-0.2, 0) is 17.8 Å². The van der Waals surface area contributed by atoms with Crippen molar-refractivity contribution in [1.82, 2.24) is 4.98 Å². The summed E-state index contributed by atoms with van der Waals surface area (Å²) in [7, 11) is 0. The van der Waals surface area contributed by atoms with E-state index in [9.17, 15) is 4.79 Å². The number of amides is 1. The molecular weight excluding hydrogens is 238 g/mol. The summed E-state index contributed by atoms with van der Waals surface area (Å²) >= 11 is 0. The molecule has 0 saturated heterocycles. The molecule has 0 bridgehead atoms. The number of pyridine rings is 1. The van der Waals surface area contributed by atoms with Crippen LogP contribution in [0.15, 0.2) is 42.6 Å². The number of hydrogen-bond acceptors (Lipinski definition) is 3. The van der Waals surface area contributed by atoms with Gasteiger partial charge in [-0.3, -0.25) is 4.79 Å². The predicted molar refractivity (Wildman–Crippen MR) is 75.6 cm³/mol. The van der Waals surface area contributed by atoms with E-state index >= 15 is 0 Å². The number of carbonyl (C=O) groups excluding carboxylic acids is 1. The van der Waals surface area contributed by atoms with Crippen LogP contribution in [0.25, 0.3) is 0 Å². The second-order valence-electron chi connectivity index (χ2n) is 4.47. The maximum Gasteiger partial charge on any atom is 0.229 e. The smallest absolute Gasteiger partial charge is 0.229 e. The van der Waals surface area contributed by atoms with Gasteiger partial charge in [-0.1, -0.05) is 35.9 Å². The molecule has 0 spiro atoms. The average molecular weight is 255 g/mol. The Bertz CT molecular complexity index is 547. The second kappa shape index (κ2) is 6.11. The van der Waals surface area contributed by atoms with Gasteiger partial charge in [0.2, 0.25) is 5.91 Å². The van der Waals surface area contributed by atoms with Crippen molar-refractivity contribution >= 4 is 11.7 Å². The van der Waals surface area contributed by atoms with Gasteiger partial charge in [0, 0.05) is 12.7 Å². The van der Waals surface area contributed by atoms with E-state index < -0.39 is 0 Å². The predicted octanol–water partition coefficient (Wildman–Crippen LogP) is 2.03. The van der Waals surface area contributed by atoms with Gasteiger partial charge >= 0.3 is 0 Å². The first-order valence-electron chi connectivity index (χ1n) is 6.18. The summed E-state index contributed by atoms with van der Waals surface area (Å²) in [6, 6.07) is 11.5. The third-order valence-electron chi connectivity index (χ3n) is 2.81. The number of rotatable bonds is 4. The molecule has 1 aromatic carbocycles. The van der Waals surface area contributed by atoms with E-state index in [1.54, 1.807) is 12.3 Å². The van der Waals surface area contributed by atoms with Gasteiger partial charge in [-0.15, -0.1) is 0 Å². The zero-order valence-corrected chi connectivity index (χ0v) is 10.9. The Kier molecular flexibility index (Phi) is 4.26. The van der Waals surface area contributed by atoms with Gasteiger partial charge < -0.3 is 11.1 Å². The summed E-state index contributed by atoms with van der Waals surface area (Å²) in [5, 5.41) is 2.77. The molecule has 0 radical (unpaired) electrons. The van der Waals surface area contributed by atoms with E-state index in [4.69, 9.17) is 5.73 Å². The summed E-state index contributed by atoms with van der Waals surface area (Å²) in [6.07, 6.45) is 2.02. The first kappa shape index (κ1) is 13.2. The summed E-state index contributed by atoms with van der Waals surface area (Å²) < 4.78 is 0. The normalized spacial score (nSPS) is 10.2. The number of nitrogens with one attached hydrogen (secondary N) is 1. The third-order valence-corrected chi connectivity index (χ3v) is 2.81. The van der Waals surface area contributed by atoms with Crippen LogP contribution in [0, 0.1) is 6.92 Å². The van der Waals surface area contributed by atoms with Crippen molar-refractivity contribution in [3.63, 3.8) is 0 Å². The van der Waals surface area contributed by atoms with Gasteiger partial charge in [-0.05, 0) is 24.1 Å². The molecule has 0 saturated carbocycles. The van der Waals surface area contributed by atoms with Crippen LogP contribution in [-0.4, -0.2) is 10.9 Å². The number of benzene rings is 1. The molecule has 4 heteroatoms. The number of aryl methyl sites for hydroxylation is 1. The van der Waals surface area contributed by atoms with Crippen LogP contribution >= 0.6 is 0 Å². The number of nitrogens with two attached hydrogens (primary N) is 1. The SMILES string of the molecule is Cc1ccc(CC(=O)Nc2ccc(CN)cn2)cc1. The Balaban J connectivity index is 1.95. The highest BCUT2D eigenvalue weighted by Gasteiger charge is 2.04. The quantitative estimate of drug-likeness (QED) is 0.878. The highest BCUT2D eigenvalue weighted by molar-refractivity contribution is 5.91. The molecule has 0 unspecified atom stereocenters. The minimum atomic E-state index is -0.0724. The number of hydrogen-bond donors (Lipinski definition) is 2. The summed E-state index contributed by atoms with van der Waals surface area (Å²) in [4.78, 5) is 16.0. The van der Waals surface area contributed by atoms with E-state index in [0.29, 0.717) is 18.8 Å². The summed E-state index contributed by atoms with van der Waals surface area (Å²) in [5.74, 6) is 0.478. The molecule has 0 aliphatic heterocycles. The largest absolute Gasteiger partial charge is 0.326 e. The number of carbonyl (C=O) groups is 1. The molecule has 0 fully saturated rings. The number of aromatic nitrogens is 1. The molecule has 1 amide bonds. The van der Waals surface area contributed by atoms with Gasteiger partial charge in [0.05, 0.1) is 6.42 Å². The minimum Gasteiger partial charge on any atom is -0.326 e. The molecule has 0 aliphatic rings. The third kappa shape index (κ3) is 3.89. The average Bonchev–Trinajstić information content (AvgIpc) is 2.42. The van der Waals surface area contributed by atoms with E-state index in [0.717, 1.165) is 11.1 Å². The van der Waals surface area contributed by atoms with Gasteiger partial charge in [-0.25, -0.2) is 4.98 Å². The van der Waals surface area contributed by atoms with Crippen molar-refractivity contribution in [2.24, 2.45) is 5.73 Å². The molecule has 0 aliphatic carbocycles.